The molecule has 2 rings (SSSR count). The summed E-state index contributed by atoms with van der Waals surface area (Å²) >= 11 is 0. The lowest BCUT2D eigenvalue weighted by molar-refractivity contribution is -0.145. The van der Waals surface area contributed by atoms with Gasteiger partial charge in [-0.05, 0) is 26.2 Å². The molecule has 2 aliphatic rings. The highest BCUT2D eigenvalue weighted by atomic mass is 127. The van der Waals surface area contributed by atoms with Gasteiger partial charge in [-0.15, -0.1) is 24.0 Å². The molecule has 152 valence electrons. The third kappa shape index (κ3) is 5.71. The predicted molar refractivity (Wildman–Crippen MR) is 117 cm³/mol. The summed E-state index contributed by atoms with van der Waals surface area (Å²) in [6.07, 6.45) is 7.88. The van der Waals surface area contributed by atoms with Crippen LogP contribution in [-0.4, -0.2) is 50.8 Å². The largest absolute Gasteiger partial charge is 0.378 e. The third-order valence-electron chi connectivity index (χ3n) is 5.71. The van der Waals surface area contributed by atoms with Gasteiger partial charge in [0, 0.05) is 44.1 Å². The number of guanidine groups is 1. The number of halogens is 1. The Balaban J connectivity index is 0.00000338. The first-order valence-electron chi connectivity index (χ1n) is 9.90. The quantitative estimate of drug-likeness (QED) is 0.227. The number of ether oxygens (including phenoxy) is 1. The average Bonchev–Trinajstić information content (AvgIpc) is 2.62. The Morgan fingerprint density at radius 1 is 1.19 bits per heavy atom. The molecule has 0 heterocycles. The van der Waals surface area contributed by atoms with E-state index in [2.05, 4.69) is 27.9 Å². The fraction of sp³-hybridized carbons (Fsp3) is 0.895. The Kier molecular flexibility index (Phi) is 10.2. The molecule has 2 atom stereocenters. The molecular weight excluding hydrogens is 443 g/mol. The normalized spacial score (nSPS) is 24.6. The zero-order valence-corrected chi connectivity index (χ0v) is 19.1. The van der Waals surface area contributed by atoms with Crippen molar-refractivity contribution in [1.29, 1.82) is 0 Å². The molecule has 0 aliphatic heterocycles. The summed E-state index contributed by atoms with van der Waals surface area (Å²) in [5.41, 5.74) is 0.276. The zero-order valence-electron chi connectivity index (χ0n) is 16.8. The minimum absolute atomic E-state index is 0. The summed E-state index contributed by atoms with van der Waals surface area (Å²) in [6.45, 7) is 7.96. The number of nitrogens with zero attached hydrogens (tertiary/aromatic N) is 1. The molecule has 3 N–H and O–H groups in total. The van der Waals surface area contributed by atoms with E-state index < -0.39 is 0 Å². The van der Waals surface area contributed by atoms with Crippen LogP contribution in [0.2, 0.25) is 0 Å². The summed E-state index contributed by atoms with van der Waals surface area (Å²) in [5, 5.41) is 9.84. The molecule has 6 nitrogen and oxygen atoms in total. The number of hydrogen-bond acceptors (Lipinski definition) is 3. The van der Waals surface area contributed by atoms with Crippen molar-refractivity contribution in [2.24, 2.45) is 16.3 Å². The van der Waals surface area contributed by atoms with Crippen LogP contribution in [0.3, 0.4) is 0 Å². The molecule has 0 aromatic heterocycles. The van der Waals surface area contributed by atoms with Crippen molar-refractivity contribution in [3.63, 3.8) is 0 Å². The monoisotopic (exact) mass is 480 g/mol. The fourth-order valence-corrected chi connectivity index (χ4v) is 4.20. The first kappa shape index (κ1) is 23.5. The number of rotatable bonds is 7. The molecule has 1 amide bonds. The molecule has 2 unspecified atom stereocenters. The molecule has 7 heteroatoms. The Hall–Kier alpha value is -0.570. The second-order valence-electron chi connectivity index (χ2n) is 7.62. The highest BCUT2D eigenvalue weighted by Gasteiger charge is 2.55. The number of carbonyl (C=O) groups excluding carboxylic acids is 1. The van der Waals surface area contributed by atoms with Crippen LogP contribution in [0.25, 0.3) is 0 Å². The van der Waals surface area contributed by atoms with Crippen LogP contribution in [0.1, 0.15) is 59.3 Å². The van der Waals surface area contributed by atoms with Crippen molar-refractivity contribution < 1.29 is 9.53 Å². The molecule has 0 aromatic rings. The summed E-state index contributed by atoms with van der Waals surface area (Å²) in [4.78, 5) is 15.9. The molecule has 2 saturated carbocycles. The maximum Gasteiger partial charge on any atom is 0.222 e. The maximum atomic E-state index is 11.6. The standard InChI is InChI=1S/C19H36N4O2.HI/c1-5-25-16-13-15(19(16)9-7-6-8-10-19)23-18(20-4)22-12-11-21-17(24)14(2)3;/h14-16H,5-13H2,1-4H3,(H,21,24)(H2,20,22,23);1H. The van der Waals surface area contributed by atoms with Gasteiger partial charge >= 0.3 is 0 Å². The molecule has 0 bridgehead atoms. The lowest BCUT2D eigenvalue weighted by Crippen LogP contribution is -2.66. The van der Waals surface area contributed by atoms with E-state index in [1.54, 1.807) is 7.05 Å². The van der Waals surface area contributed by atoms with Gasteiger partial charge in [0.1, 0.15) is 0 Å². The second-order valence-corrected chi connectivity index (χ2v) is 7.62. The molecule has 2 fully saturated rings. The highest BCUT2D eigenvalue weighted by molar-refractivity contribution is 14.0. The Labute approximate surface area is 175 Å². The van der Waals surface area contributed by atoms with E-state index in [1.165, 1.54) is 32.1 Å². The molecule has 0 radical (unpaired) electrons. The topological polar surface area (TPSA) is 74.8 Å². The van der Waals surface area contributed by atoms with Gasteiger partial charge in [0.2, 0.25) is 5.91 Å². The Morgan fingerprint density at radius 3 is 2.42 bits per heavy atom. The highest BCUT2D eigenvalue weighted by Crippen LogP contribution is 2.53. The summed E-state index contributed by atoms with van der Waals surface area (Å²) in [7, 11) is 1.80. The van der Waals surface area contributed by atoms with Gasteiger partial charge in [-0.3, -0.25) is 9.79 Å². The van der Waals surface area contributed by atoms with Gasteiger partial charge in [0.15, 0.2) is 5.96 Å². The number of hydrogen-bond donors (Lipinski definition) is 3. The van der Waals surface area contributed by atoms with Crippen LogP contribution in [0, 0.1) is 11.3 Å². The molecular formula is C19H37IN4O2. The minimum Gasteiger partial charge on any atom is -0.378 e. The first-order chi connectivity index (χ1) is 12.0. The van der Waals surface area contributed by atoms with Gasteiger partial charge in [-0.1, -0.05) is 33.1 Å². The molecule has 0 saturated heterocycles. The molecule has 0 aromatic carbocycles. The van der Waals surface area contributed by atoms with Crippen molar-refractivity contribution >= 4 is 35.8 Å². The van der Waals surface area contributed by atoms with E-state index in [0.29, 0.717) is 25.2 Å². The van der Waals surface area contributed by atoms with Gasteiger partial charge in [0.05, 0.1) is 6.10 Å². The van der Waals surface area contributed by atoms with Gasteiger partial charge in [-0.25, -0.2) is 0 Å². The maximum absolute atomic E-state index is 11.6. The smallest absolute Gasteiger partial charge is 0.222 e. The first-order valence-corrected chi connectivity index (χ1v) is 9.90. The van der Waals surface area contributed by atoms with E-state index in [1.807, 2.05) is 13.8 Å². The lowest BCUT2D eigenvalue weighted by Gasteiger charge is -2.57. The number of amides is 1. The molecule has 26 heavy (non-hydrogen) atoms. The summed E-state index contributed by atoms with van der Waals surface area (Å²) in [5.74, 6) is 0.933. The molecule has 1 spiro atoms. The van der Waals surface area contributed by atoms with Crippen molar-refractivity contribution in [3.05, 3.63) is 0 Å². The van der Waals surface area contributed by atoms with Gasteiger partial charge < -0.3 is 20.7 Å². The van der Waals surface area contributed by atoms with Crippen LogP contribution in [0.5, 0.6) is 0 Å². The zero-order chi connectivity index (χ0) is 18.3. The van der Waals surface area contributed by atoms with Crippen LogP contribution < -0.4 is 16.0 Å². The Morgan fingerprint density at radius 2 is 1.85 bits per heavy atom. The van der Waals surface area contributed by atoms with Gasteiger partial charge in [0.25, 0.3) is 0 Å². The Bertz CT molecular complexity index is 464. The van der Waals surface area contributed by atoms with E-state index in [4.69, 9.17) is 4.74 Å². The van der Waals surface area contributed by atoms with E-state index in [0.717, 1.165) is 19.0 Å². The molecule has 2 aliphatic carbocycles. The van der Waals surface area contributed by atoms with Crippen LogP contribution >= 0.6 is 24.0 Å². The SMILES string of the molecule is CCOC1CC(NC(=NC)NCCNC(=O)C(C)C)C12CCCCC2.I. The van der Waals surface area contributed by atoms with Gasteiger partial charge in [-0.2, -0.15) is 0 Å². The minimum atomic E-state index is 0. The van der Waals surface area contributed by atoms with E-state index in [9.17, 15) is 4.79 Å². The van der Waals surface area contributed by atoms with Crippen molar-refractivity contribution in [1.82, 2.24) is 16.0 Å². The van der Waals surface area contributed by atoms with Crippen LogP contribution in [0.4, 0.5) is 0 Å². The third-order valence-corrected chi connectivity index (χ3v) is 5.71. The lowest BCUT2D eigenvalue weighted by atomic mass is 9.55. The average molecular weight is 480 g/mol. The van der Waals surface area contributed by atoms with Crippen molar-refractivity contribution in [2.45, 2.75) is 71.4 Å². The van der Waals surface area contributed by atoms with E-state index >= 15 is 0 Å². The number of aliphatic imine (C=N–C) groups is 1. The van der Waals surface area contributed by atoms with Crippen LogP contribution in [-0.2, 0) is 9.53 Å². The number of carbonyl (C=O) groups is 1. The predicted octanol–water partition coefficient (Wildman–Crippen LogP) is 2.67. The summed E-state index contributed by atoms with van der Waals surface area (Å²) in [6, 6.07) is 0.431. The summed E-state index contributed by atoms with van der Waals surface area (Å²) < 4.78 is 6.02. The van der Waals surface area contributed by atoms with Crippen LogP contribution in [0.15, 0.2) is 4.99 Å². The van der Waals surface area contributed by atoms with Crippen molar-refractivity contribution in [3.8, 4) is 0 Å². The second kappa shape index (κ2) is 11.3. The number of nitrogens with one attached hydrogen (secondary N) is 3. The fourth-order valence-electron chi connectivity index (χ4n) is 4.20. The van der Waals surface area contributed by atoms with Crippen molar-refractivity contribution in [2.75, 3.05) is 26.7 Å². The van der Waals surface area contributed by atoms with E-state index in [-0.39, 0.29) is 41.2 Å².